The number of aromatic hydroxyl groups is 1. The first-order valence-corrected chi connectivity index (χ1v) is 8.37. The monoisotopic (exact) mass is 349 g/mol. The first kappa shape index (κ1) is 20.7. The van der Waals surface area contributed by atoms with Crippen LogP contribution in [0, 0.1) is 5.92 Å². The lowest BCUT2D eigenvalue weighted by atomic mass is 9.75. The van der Waals surface area contributed by atoms with E-state index in [1.54, 1.807) is 6.07 Å². The Balaban J connectivity index is 0.000000333. The van der Waals surface area contributed by atoms with E-state index in [9.17, 15) is 14.7 Å². The van der Waals surface area contributed by atoms with Crippen molar-refractivity contribution in [1.82, 2.24) is 4.90 Å². The van der Waals surface area contributed by atoms with Gasteiger partial charge in [0.05, 0.1) is 0 Å². The molecular weight excluding hydrogens is 322 g/mol. The molecule has 0 amide bonds. The summed E-state index contributed by atoms with van der Waals surface area (Å²) in [6.07, 6.45) is 6.38. The lowest BCUT2D eigenvalue weighted by molar-refractivity contribution is -0.134. The van der Waals surface area contributed by atoms with Gasteiger partial charge in [-0.15, -0.1) is 0 Å². The SMILES string of the molecule is CN(C)CC1CCCCC1c1cccc(O)c1.O=C(O)/C=C/C(=O)O. The minimum atomic E-state index is -1.26. The molecule has 3 N–H and O–H groups in total. The second-order valence-corrected chi connectivity index (χ2v) is 6.52. The van der Waals surface area contributed by atoms with Crippen LogP contribution < -0.4 is 0 Å². The number of rotatable bonds is 5. The van der Waals surface area contributed by atoms with Crippen LogP contribution in [0.4, 0.5) is 0 Å². The van der Waals surface area contributed by atoms with E-state index in [0.29, 0.717) is 23.8 Å². The van der Waals surface area contributed by atoms with E-state index >= 15 is 0 Å². The molecule has 0 aromatic heterocycles. The Morgan fingerprint density at radius 1 is 1.12 bits per heavy atom. The summed E-state index contributed by atoms with van der Waals surface area (Å²) >= 11 is 0. The van der Waals surface area contributed by atoms with E-state index in [2.05, 4.69) is 25.1 Å². The van der Waals surface area contributed by atoms with Gasteiger partial charge < -0.3 is 20.2 Å². The van der Waals surface area contributed by atoms with E-state index in [-0.39, 0.29) is 0 Å². The summed E-state index contributed by atoms with van der Waals surface area (Å²) in [5.41, 5.74) is 1.32. The van der Waals surface area contributed by atoms with Crippen molar-refractivity contribution in [3.8, 4) is 5.75 Å². The minimum absolute atomic E-state index is 0.400. The Morgan fingerprint density at radius 2 is 1.72 bits per heavy atom. The third-order valence-electron chi connectivity index (χ3n) is 4.18. The first-order chi connectivity index (χ1) is 11.8. The zero-order valence-corrected chi connectivity index (χ0v) is 14.8. The van der Waals surface area contributed by atoms with Gasteiger partial charge in [-0.1, -0.05) is 25.0 Å². The van der Waals surface area contributed by atoms with E-state index in [1.165, 1.54) is 31.2 Å². The van der Waals surface area contributed by atoms with Crippen LogP contribution in [-0.4, -0.2) is 52.8 Å². The Labute approximate surface area is 148 Å². The number of benzene rings is 1. The molecule has 6 heteroatoms. The third-order valence-corrected chi connectivity index (χ3v) is 4.18. The molecule has 0 heterocycles. The highest BCUT2D eigenvalue weighted by atomic mass is 16.4. The van der Waals surface area contributed by atoms with Crippen molar-refractivity contribution in [2.24, 2.45) is 5.92 Å². The second kappa shape index (κ2) is 10.5. The molecular formula is C19H27NO5. The van der Waals surface area contributed by atoms with Crippen molar-refractivity contribution >= 4 is 11.9 Å². The molecule has 1 aromatic rings. The number of hydrogen-bond acceptors (Lipinski definition) is 4. The van der Waals surface area contributed by atoms with Gasteiger partial charge in [0.1, 0.15) is 5.75 Å². The third kappa shape index (κ3) is 8.35. The predicted octanol–water partition coefficient (Wildman–Crippen LogP) is 2.94. The highest BCUT2D eigenvalue weighted by Gasteiger charge is 2.26. The van der Waals surface area contributed by atoms with Crippen LogP contribution in [0.2, 0.25) is 0 Å². The van der Waals surface area contributed by atoms with Gasteiger partial charge in [0.2, 0.25) is 0 Å². The van der Waals surface area contributed by atoms with Crippen LogP contribution in [0.3, 0.4) is 0 Å². The Morgan fingerprint density at radius 3 is 2.24 bits per heavy atom. The number of nitrogens with zero attached hydrogens (tertiary/aromatic N) is 1. The number of hydrogen-bond donors (Lipinski definition) is 3. The van der Waals surface area contributed by atoms with Gasteiger partial charge in [0.25, 0.3) is 0 Å². The first-order valence-electron chi connectivity index (χ1n) is 8.37. The normalized spacial score (nSPS) is 20.1. The lowest BCUT2D eigenvalue weighted by Crippen LogP contribution is -2.28. The van der Waals surface area contributed by atoms with Gasteiger partial charge in [-0.25, -0.2) is 9.59 Å². The minimum Gasteiger partial charge on any atom is -0.508 e. The quantitative estimate of drug-likeness (QED) is 0.707. The van der Waals surface area contributed by atoms with Gasteiger partial charge in [-0.05, 0) is 56.5 Å². The Hall–Kier alpha value is -2.34. The average molecular weight is 349 g/mol. The summed E-state index contributed by atoms with van der Waals surface area (Å²) in [6.45, 7) is 1.15. The number of carbonyl (C=O) groups is 2. The molecule has 6 nitrogen and oxygen atoms in total. The summed E-state index contributed by atoms with van der Waals surface area (Å²) in [4.78, 5) is 21.4. The van der Waals surface area contributed by atoms with Crippen molar-refractivity contribution in [2.45, 2.75) is 31.6 Å². The fourth-order valence-corrected chi connectivity index (χ4v) is 3.23. The van der Waals surface area contributed by atoms with Gasteiger partial charge in [-0.2, -0.15) is 0 Å². The van der Waals surface area contributed by atoms with Gasteiger partial charge in [-0.3, -0.25) is 0 Å². The fraction of sp³-hybridized carbons (Fsp3) is 0.474. The summed E-state index contributed by atoms with van der Waals surface area (Å²) in [5.74, 6) is -0.754. The van der Waals surface area contributed by atoms with Gasteiger partial charge in [0, 0.05) is 18.7 Å². The van der Waals surface area contributed by atoms with Crippen LogP contribution in [0.1, 0.15) is 37.2 Å². The van der Waals surface area contributed by atoms with Crippen LogP contribution >= 0.6 is 0 Å². The standard InChI is InChI=1S/C15H23NO.C4H4O4/c1-16(2)11-13-6-3-4-9-15(13)12-7-5-8-14(17)10-12;5-3(6)1-2-4(7)8/h5,7-8,10,13,15,17H,3-4,6,9,11H2,1-2H3;1-2H,(H,5,6)(H,7,8)/b;2-1+. The molecule has 0 radical (unpaired) electrons. The number of phenolic OH excluding ortho intramolecular Hbond substituents is 1. The maximum Gasteiger partial charge on any atom is 0.328 e. The molecule has 2 atom stereocenters. The molecule has 0 bridgehead atoms. The van der Waals surface area contributed by atoms with Crippen molar-refractivity contribution in [2.75, 3.05) is 20.6 Å². The highest BCUT2D eigenvalue weighted by molar-refractivity contribution is 5.89. The number of aliphatic carboxylic acids is 2. The molecule has 138 valence electrons. The fourth-order valence-electron chi connectivity index (χ4n) is 3.23. The van der Waals surface area contributed by atoms with Crippen molar-refractivity contribution in [3.05, 3.63) is 42.0 Å². The van der Waals surface area contributed by atoms with Crippen molar-refractivity contribution < 1.29 is 24.9 Å². The summed E-state index contributed by atoms with van der Waals surface area (Å²) < 4.78 is 0. The molecule has 0 saturated heterocycles. The lowest BCUT2D eigenvalue weighted by Gasteiger charge is -2.33. The van der Waals surface area contributed by atoms with Crippen molar-refractivity contribution in [3.63, 3.8) is 0 Å². The molecule has 0 aliphatic heterocycles. The average Bonchev–Trinajstić information content (AvgIpc) is 2.53. The van der Waals surface area contributed by atoms with E-state index < -0.39 is 11.9 Å². The van der Waals surface area contributed by atoms with Crippen molar-refractivity contribution in [1.29, 1.82) is 0 Å². The number of carboxylic acid groups (broad SMARTS) is 2. The smallest absolute Gasteiger partial charge is 0.328 e. The molecule has 0 spiro atoms. The maximum atomic E-state index is 9.60. The molecule has 1 aliphatic rings. The topological polar surface area (TPSA) is 98.1 Å². The van der Waals surface area contributed by atoms with E-state index in [1.807, 2.05) is 12.1 Å². The van der Waals surface area contributed by atoms with Crippen LogP contribution in [0.5, 0.6) is 5.75 Å². The number of carboxylic acids is 2. The Bertz CT molecular complexity index is 581. The molecule has 1 saturated carbocycles. The van der Waals surface area contributed by atoms with Crippen LogP contribution in [0.25, 0.3) is 0 Å². The molecule has 2 unspecified atom stereocenters. The molecule has 25 heavy (non-hydrogen) atoms. The summed E-state index contributed by atoms with van der Waals surface area (Å²) in [7, 11) is 4.29. The molecule has 1 fully saturated rings. The predicted molar refractivity (Wildman–Crippen MR) is 95.8 cm³/mol. The zero-order chi connectivity index (χ0) is 18.8. The zero-order valence-electron chi connectivity index (χ0n) is 14.8. The molecule has 1 aromatic carbocycles. The summed E-state index contributed by atoms with van der Waals surface area (Å²) in [5, 5.41) is 25.2. The van der Waals surface area contributed by atoms with Gasteiger partial charge in [0.15, 0.2) is 0 Å². The van der Waals surface area contributed by atoms with E-state index in [4.69, 9.17) is 10.2 Å². The maximum absolute atomic E-state index is 9.60. The molecule has 1 aliphatic carbocycles. The second-order valence-electron chi connectivity index (χ2n) is 6.52. The number of phenols is 1. The Kier molecular flexibility index (Phi) is 8.70. The largest absolute Gasteiger partial charge is 0.508 e. The summed E-state index contributed by atoms with van der Waals surface area (Å²) in [6, 6.07) is 7.83. The molecule has 2 rings (SSSR count). The van der Waals surface area contributed by atoms with Crippen LogP contribution in [0.15, 0.2) is 36.4 Å². The van der Waals surface area contributed by atoms with E-state index in [0.717, 1.165) is 12.5 Å². The van der Waals surface area contributed by atoms with Crippen LogP contribution in [-0.2, 0) is 9.59 Å². The highest BCUT2D eigenvalue weighted by Crippen LogP contribution is 2.38. The van der Waals surface area contributed by atoms with Gasteiger partial charge >= 0.3 is 11.9 Å².